The summed E-state index contributed by atoms with van der Waals surface area (Å²) >= 11 is 0. The van der Waals surface area contributed by atoms with Gasteiger partial charge in [-0.15, -0.1) is 0 Å². The number of hydrogen-bond acceptors (Lipinski definition) is 4. The summed E-state index contributed by atoms with van der Waals surface area (Å²) in [6.45, 7) is 0. The topological polar surface area (TPSA) is 53.4 Å². The number of carbonyl (C=O) groups excluding carboxylic acids is 1. The standard InChI is InChI=1S/C13H14N2O3/c1-15-7-9(8-16)13(14-15)11-6-10(17-2)4-5-12(11)18-3/h4-8H,1-3H3. The molecule has 5 heteroatoms. The molecule has 1 heterocycles. The first-order valence-electron chi connectivity index (χ1n) is 5.40. The van der Waals surface area contributed by atoms with Gasteiger partial charge in [0.05, 0.1) is 19.8 Å². The third kappa shape index (κ3) is 2.07. The lowest BCUT2D eigenvalue weighted by Crippen LogP contribution is -1.93. The minimum atomic E-state index is 0.518. The highest BCUT2D eigenvalue weighted by molar-refractivity contribution is 5.87. The van der Waals surface area contributed by atoms with Crippen LogP contribution in [0.15, 0.2) is 24.4 Å². The van der Waals surface area contributed by atoms with Crippen LogP contribution in [0.3, 0.4) is 0 Å². The molecular formula is C13H14N2O3. The molecule has 0 fully saturated rings. The van der Waals surface area contributed by atoms with E-state index in [4.69, 9.17) is 9.47 Å². The van der Waals surface area contributed by atoms with E-state index in [1.165, 1.54) is 0 Å². The summed E-state index contributed by atoms with van der Waals surface area (Å²) in [5, 5.41) is 4.29. The van der Waals surface area contributed by atoms with Gasteiger partial charge in [0.1, 0.15) is 17.2 Å². The number of ether oxygens (including phenoxy) is 2. The van der Waals surface area contributed by atoms with Crippen LogP contribution in [-0.4, -0.2) is 30.3 Å². The number of benzene rings is 1. The summed E-state index contributed by atoms with van der Waals surface area (Å²) < 4.78 is 12.1. The average Bonchev–Trinajstić information content (AvgIpc) is 2.79. The quantitative estimate of drug-likeness (QED) is 0.773. The van der Waals surface area contributed by atoms with Crippen LogP contribution in [-0.2, 0) is 7.05 Å². The van der Waals surface area contributed by atoms with Gasteiger partial charge in [0.15, 0.2) is 6.29 Å². The Bertz CT molecular complexity index is 576. The van der Waals surface area contributed by atoms with Gasteiger partial charge < -0.3 is 9.47 Å². The van der Waals surface area contributed by atoms with Gasteiger partial charge in [-0.1, -0.05) is 0 Å². The Morgan fingerprint density at radius 3 is 2.67 bits per heavy atom. The van der Waals surface area contributed by atoms with Crippen molar-refractivity contribution >= 4 is 6.29 Å². The molecule has 0 saturated heterocycles. The van der Waals surface area contributed by atoms with Crippen LogP contribution in [0.4, 0.5) is 0 Å². The monoisotopic (exact) mass is 246 g/mol. The van der Waals surface area contributed by atoms with Gasteiger partial charge >= 0.3 is 0 Å². The molecule has 2 aromatic rings. The van der Waals surface area contributed by atoms with E-state index in [0.717, 1.165) is 11.8 Å². The van der Waals surface area contributed by atoms with Crippen LogP contribution in [0.1, 0.15) is 10.4 Å². The summed E-state index contributed by atoms with van der Waals surface area (Å²) in [5.74, 6) is 1.34. The van der Waals surface area contributed by atoms with Gasteiger partial charge in [-0.05, 0) is 18.2 Å². The summed E-state index contributed by atoms with van der Waals surface area (Å²) in [7, 11) is 4.93. The molecule has 0 amide bonds. The van der Waals surface area contributed by atoms with Crippen molar-refractivity contribution in [2.75, 3.05) is 14.2 Å². The number of aromatic nitrogens is 2. The molecule has 18 heavy (non-hydrogen) atoms. The van der Waals surface area contributed by atoms with E-state index in [0.29, 0.717) is 22.8 Å². The Kier molecular flexibility index (Phi) is 3.32. The normalized spacial score (nSPS) is 10.2. The molecule has 1 aromatic carbocycles. The molecule has 0 atom stereocenters. The predicted molar refractivity (Wildman–Crippen MR) is 67.1 cm³/mol. The number of carbonyl (C=O) groups is 1. The van der Waals surface area contributed by atoms with E-state index in [2.05, 4.69) is 5.10 Å². The molecular weight excluding hydrogens is 232 g/mol. The highest BCUT2D eigenvalue weighted by atomic mass is 16.5. The number of nitrogens with zero attached hydrogens (tertiary/aromatic N) is 2. The van der Waals surface area contributed by atoms with Crippen LogP contribution in [0.2, 0.25) is 0 Å². The fourth-order valence-corrected chi connectivity index (χ4v) is 1.80. The third-order valence-corrected chi connectivity index (χ3v) is 2.65. The van der Waals surface area contributed by atoms with Crippen molar-refractivity contribution < 1.29 is 14.3 Å². The minimum Gasteiger partial charge on any atom is -0.497 e. The predicted octanol–water partition coefficient (Wildman–Crippen LogP) is 1.92. The van der Waals surface area contributed by atoms with Gasteiger partial charge in [-0.3, -0.25) is 9.48 Å². The molecule has 0 N–H and O–H groups in total. The number of methoxy groups -OCH3 is 2. The molecule has 0 aliphatic carbocycles. The van der Waals surface area contributed by atoms with Crippen molar-refractivity contribution in [2.24, 2.45) is 7.05 Å². The molecule has 2 rings (SSSR count). The second-order valence-electron chi connectivity index (χ2n) is 3.79. The lowest BCUT2D eigenvalue weighted by atomic mass is 10.1. The maximum Gasteiger partial charge on any atom is 0.153 e. The molecule has 0 unspecified atom stereocenters. The summed E-state index contributed by atoms with van der Waals surface area (Å²) in [4.78, 5) is 11.0. The Balaban J connectivity index is 2.63. The zero-order chi connectivity index (χ0) is 13.1. The summed E-state index contributed by atoms with van der Waals surface area (Å²) in [6.07, 6.45) is 2.45. The molecule has 0 aliphatic rings. The Morgan fingerprint density at radius 1 is 1.28 bits per heavy atom. The Hall–Kier alpha value is -2.30. The van der Waals surface area contributed by atoms with E-state index in [-0.39, 0.29) is 0 Å². The van der Waals surface area contributed by atoms with Crippen molar-refractivity contribution in [3.05, 3.63) is 30.0 Å². The van der Waals surface area contributed by atoms with Gasteiger partial charge in [0.25, 0.3) is 0 Å². The summed E-state index contributed by atoms with van der Waals surface area (Å²) in [6, 6.07) is 5.39. The van der Waals surface area contributed by atoms with Gasteiger partial charge in [0.2, 0.25) is 0 Å². The van der Waals surface area contributed by atoms with E-state index in [9.17, 15) is 4.79 Å². The largest absolute Gasteiger partial charge is 0.497 e. The van der Waals surface area contributed by atoms with E-state index in [1.807, 2.05) is 0 Å². The van der Waals surface area contributed by atoms with Crippen LogP contribution in [0.5, 0.6) is 11.5 Å². The van der Waals surface area contributed by atoms with E-state index >= 15 is 0 Å². The zero-order valence-electron chi connectivity index (χ0n) is 10.5. The molecule has 0 radical (unpaired) electrons. The first-order valence-corrected chi connectivity index (χ1v) is 5.40. The molecule has 0 saturated carbocycles. The molecule has 5 nitrogen and oxygen atoms in total. The number of aldehydes is 1. The third-order valence-electron chi connectivity index (χ3n) is 2.65. The second-order valence-corrected chi connectivity index (χ2v) is 3.79. The van der Waals surface area contributed by atoms with Crippen LogP contribution >= 0.6 is 0 Å². The van der Waals surface area contributed by atoms with Crippen molar-refractivity contribution in [3.63, 3.8) is 0 Å². The van der Waals surface area contributed by atoms with Crippen LogP contribution in [0, 0.1) is 0 Å². The van der Waals surface area contributed by atoms with Crippen molar-refractivity contribution in [1.29, 1.82) is 0 Å². The molecule has 94 valence electrons. The van der Waals surface area contributed by atoms with Crippen molar-refractivity contribution in [1.82, 2.24) is 9.78 Å². The lowest BCUT2D eigenvalue weighted by Gasteiger charge is -2.09. The highest BCUT2D eigenvalue weighted by Crippen LogP contribution is 2.33. The van der Waals surface area contributed by atoms with Gasteiger partial charge in [-0.2, -0.15) is 5.10 Å². The van der Waals surface area contributed by atoms with E-state index in [1.54, 1.807) is 50.3 Å². The SMILES string of the molecule is COc1ccc(OC)c(-c2nn(C)cc2C=O)c1. The summed E-state index contributed by atoms with van der Waals surface area (Å²) in [5.41, 5.74) is 1.84. The smallest absolute Gasteiger partial charge is 0.153 e. The number of aryl methyl sites for hydroxylation is 1. The first-order chi connectivity index (χ1) is 8.69. The molecule has 0 spiro atoms. The average molecular weight is 246 g/mol. The molecule has 0 aliphatic heterocycles. The number of rotatable bonds is 4. The fourth-order valence-electron chi connectivity index (χ4n) is 1.80. The van der Waals surface area contributed by atoms with Gasteiger partial charge in [0, 0.05) is 18.8 Å². The Labute approximate surface area is 105 Å². The second kappa shape index (κ2) is 4.91. The maximum atomic E-state index is 11.0. The van der Waals surface area contributed by atoms with Crippen LogP contribution in [0.25, 0.3) is 11.3 Å². The maximum absolute atomic E-state index is 11.0. The number of hydrogen-bond donors (Lipinski definition) is 0. The van der Waals surface area contributed by atoms with Crippen LogP contribution < -0.4 is 9.47 Å². The molecule has 0 bridgehead atoms. The fraction of sp³-hybridized carbons (Fsp3) is 0.231. The molecule has 1 aromatic heterocycles. The Morgan fingerprint density at radius 2 is 2.06 bits per heavy atom. The van der Waals surface area contributed by atoms with Crippen molar-refractivity contribution in [2.45, 2.75) is 0 Å². The van der Waals surface area contributed by atoms with Gasteiger partial charge in [-0.25, -0.2) is 0 Å². The zero-order valence-corrected chi connectivity index (χ0v) is 10.5. The highest BCUT2D eigenvalue weighted by Gasteiger charge is 2.15. The first kappa shape index (κ1) is 12.2. The van der Waals surface area contributed by atoms with E-state index < -0.39 is 0 Å². The van der Waals surface area contributed by atoms with Crippen molar-refractivity contribution in [3.8, 4) is 22.8 Å². The minimum absolute atomic E-state index is 0.518. The lowest BCUT2D eigenvalue weighted by molar-refractivity contribution is 0.112.